The number of hydrogen-bond acceptors (Lipinski definition) is 2. The Morgan fingerprint density at radius 1 is 1.53 bits per heavy atom. The molecular weight excluding hydrogens is 263 g/mol. The maximum atomic E-state index is 13.5. The first-order valence-electron chi connectivity index (χ1n) is 4.63. The van der Waals surface area contributed by atoms with Crippen LogP contribution < -0.4 is 11.1 Å². The van der Waals surface area contributed by atoms with Gasteiger partial charge in [0.05, 0.1) is 11.6 Å². The number of amides is 1. The van der Waals surface area contributed by atoms with Crippen LogP contribution in [-0.2, 0) is 4.79 Å². The molecule has 1 aromatic rings. The molecule has 5 heteroatoms. The molecule has 1 aliphatic rings. The Morgan fingerprint density at radius 3 is 2.93 bits per heavy atom. The molecule has 1 atom stereocenters. The van der Waals surface area contributed by atoms with Crippen molar-refractivity contribution in [1.29, 1.82) is 0 Å². The number of hydrogen-bond donors (Lipinski definition) is 2. The van der Waals surface area contributed by atoms with Gasteiger partial charge in [-0.1, -0.05) is 15.9 Å². The molecule has 2 rings (SSSR count). The number of benzene rings is 1. The average molecular weight is 273 g/mol. The number of nitrogens with one attached hydrogen (secondary N) is 1. The molecule has 1 heterocycles. The molecule has 1 amide bonds. The van der Waals surface area contributed by atoms with Gasteiger partial charge in [0, 0.05) is 4.47 Å². The minimum absolute atomic E-state index is 0.174. The van der Waals surface area contributed by atoms with Crippen LogP contribution in [0.25, 0.3) is 0 Å². The normalized spacial score (nSPS) is 18.9. The zero-order valence-corrected chi connectivity index (χ0v) is 9.47. The molecule has 3 nitrogen and oxygen atoms in total. The second-order valence-electron chi connectivity index (χ2n) is 3.47. The van der Waals surface area contributed by atoms with Gasteiger partial charge in [-0.15, -0.1) is 0 Å². The lowest BCUT2D eigenvalue weighted by molar-refractivity contribution is -0.117. The maximum absolute atomic E-state index is 13.5. The van der Waals surface area contributed by atoms with Crippen molar-refractivity contribution < 1.29 is 9.18 Å². The van der Waals surface area contributed by atoms with Crippen LogP contribution in [0.15, 0.2) is 16.6 Å². The highest BCUT2D eigenvalue weighted by atomic mass is 79.9. The van der Waals surface area contributed by atoms with Gasteiger partial charge in [0.2, 0.25) is 5.91 Å². The third-order valence-electron chi connectivity index (χ3n) is 2.48. The van der Waals surface area contributed by atoms with E-state index in [9.17, 15) is 9.18 Å². The first-order valence-corrected chi connectivity index (χ1v) is 5.42. The zero-order valence-electron chi connectivity index (χ0n) is 7.89. The van der Waals surface area contributed by atoms with Gasteiger partial charge in [0.15, 0.2) is 0 Å². The molecule has 0 spiro atoms. The SMILES string of the molecule is NCCC1C(=O)Nc2c(F)cc(Br)cc21. The molecule has 0 aliphatic carbocycles. The molecule has 80 valence electrons. The largest absolute Gasteiger partial charge is 0.330 e. The van der Waals surface area contributed by atoms with Crippen molar-refractivity contribution in [1.82, 2.24) is 0 Å². The number of halogens is 2. The molecule has 0 saturated heterocycles. The van der Waals surface area contributed by atoms with E-state index < -0.39 is 5.82 Å². The van der Waals surface area contributed by atoms with E-state index in [2.05, 4.69) is 21.2 Å². The van der Waals surface area contributed by atoms with Gasteiger partial charge in [-0.25, -0.2) is 4.39 Å². The summed E-state index contributed by atoms with van der Waals surface area (Å²) >= 11 is 3.20. The van der Waals surface area contributed by atoms with Crippen LogP contribution in [0.4, 0.5) is 10.1 Å². The molecule has 0 bridgehead atoms. The van der Waals surface area contributed by atoms with Crippen molar-refractivity contribution in [3.05, 3.63) is 28.0 Å². The smallest absolute Gasteiger partial charge is 0.232 e. The summed E-state index contributed by atoms with van der Waals surface area (Å²) in [6, 6.07) is 3.10. The Labute approximate surface area is 95.0 Å². The molecular formula is C10H10BrFN2O. The summed E-state index contributed by atoms with van der Waals surface area (Å²) in [7, 11) is 0. The predicted molar refractivity (Wildman–Crippen MR) is 59.1 cm³/mol. The van der Waals surface area contributed by atoms with E-state index in [-0.39, 0.29) is 11.8 Å². The van der Waals surface area contributed by atoms with E-state index in [1.165, 1.54) is 6.07 Å². The first kappa shape index (κ1) is 10.6. The summed E-state index contributed by atoms with van der Waals surface area (Å²) in [6.45, 7) is 0.408. The summed E-state index contributed by atoms with van der Waals surface area (Å²) in [6.07, 6.45) is 0.536. The Bertz CT molecular complexity index is 422. The molecule has 0 radical (unpaired) electrons. The van der Waals surface area contributed by atoms with Gasteiger partial charge >= 0.3 is 0 Å². The van der Waals surface area contributed by atoms with E-state index in [0.717, 1.165) is 0 Å². The highest BCUT2D eigenvalue weighted by molar-refractivity contribution is 9.10. The number of rotatable bonds is 2. The summed E-state index contributed by atoms with van der Waals surface area (Å²) in [5.74, 6) is -0.906. The zero-order chi connectivity index (χ0) is 11.0. The Morgan fingerprint density at radius 2 is 2.27 bits per heavy atom. The van der Waals surface area contributed by atoms with Gasteiger partial charge in [-0.2, -0.15) is 0 Å². The van der Waals surface area contributed by atoms with Crippen LogP contribution in [0.2, 0.25) is 0 Å². The van der Waals surface area contributed by atoms with E-state index >= 15 is 0 Å². The van der Waals surface area contributed by atoms with Crippen LogP contribution in [0.3, 0.4) is 0 Å². The fourth-order valence-electron chi connectivity index (χ4n) is 1.81. The molecule has 1 aromatic carbocycles. The molecule has 1 unspecified atom stereocenters. The Hall–Kier alpha value is -0.940. The van der Waals surface area contributed by atoms with Crippen LogP contribution in [-0.4, -0.2) is 12.5 Å². The lowest BCUT2D eigenvalue weighted by atomic mass is 9.97. The van der Waals surface area contributed by atoms with E-state index in [4.69, 9.17) is 5.73 Å². The van der Waals surface area contributed by atoms with Crippen molar-refractivity contribution >= 4 is 27.5 Å². The predicted octanol–water partition coefficient (Wildman–Crippen LogP) is 1.97. The second-order valence-corrected chi connectivity index (χ2v) is 4.39. The monoisotopic (exact) mass is 272 g/mol. The average Bonchev–Trinajstić information content (AvgIpc) is 2.46. The number of carbonyl (C=O) groups excluding carboxylic acids is 1. The van der Waals surface area contributed by atoms with Gasteiger partial charge in [0.1, 0.15) is 5.82 Å². The summed E-state index contributed by atoms with van der Waals surface area (Å²) < 4.78 is 14.1. The van der Waals surface area contributed by atoms with Crippen LogP contribution in [0, 0.1) is 5.82 Å². The topological polar surface area (TPSA) is 55.1 Å². The highest BCUT2D eigenvalue weighted by Gasteiger charge is 2.32. The molecule has 0 aromatic heterocycles. The van der Waals surface area contributed by atoms with E-state index in [1.54, 1.807) is 6.07 Å². The van der Waals surface area contributed by atoms with Crippen LogP contribution >= 0.6 is 15.9 Å². The van der Waals surface area contributed by atoms with Crippen LogP contribution in [0.1, 0.15) is 17.9 Å². The van der Waals surface area contributed by atoms with Crippen LogP contribution in [0.5, 0.6) is 0 Å². The van der Waals surface area contributed by atoms with Crippen molar-refractivity contribution in [2.45, 2.75) is 12.3 Å². The van der Waals surface area contributed by atoms with Crippen molar-refractivity contribution in [3.8, 4) is 0 Å². The molecule has 0 saturated carbocycles. The number of anilines is 1. The molecule has 15 heavy (non-hydrogen) atoms. The summed E-state index contributed by atoms with van der Waals surface area (Å²) in [4.78, 5) is 11.5. The minimum atomic E-state index is -0.410. The third-order valence-corrected chi connectivity index (χ3v) is 2.94. The fourth-order valence-corrected chi connectivity index (χ4v) is 2.25. The number of nitrogens with two attached hydrogens (primary N) is 1. The second kappa shape index (κ2) is 3.90. The van der Waals surface area contributed by atoms with Crippen molar-refractivity contribution in [2.24, 2.45) is 5.73 Å². The molecule has 1 aliphatic heterocycles. The molecule has 3 N–H and O–H groups in total. The maximum Gasteiger partial charge on any atom is 0.232 e. The lowest BCUT2D eigenvalue weighted by Gasteiger charge is -2.06. The number of fused-ring (bicyclic) bond motifs is 1. The van der Waals surface area contributed by atoms with E-state index in [0.29, 0.717) is 28.7 Å². The summed E-state index contributed by atoms with van der Waals surface area (Å²) in [5, 5.41) is 2.54. The van der Waals surface area contributed by atoms with Gasteiger partial charge in [-0.05, 0) is 30.7 Å². The first-order chi connectivity index (χ1) is 7.13. The van der Waals surface area contributed by atoms with Crippen molar-refractivity contribution in [3.63, 3.8) is 0 Å². The van der Waals surface area contributed by atoms with Gasteiger partial charge < -0.3 is 11.1 Å². The highest BCUT2D eigenvalue weighted by Crippen LogP contribution is 2.38. The van der Waals surface area contributed by atoms with Gasteiger partial charge in [-0.3, -0.25) is 4.79 Å². The van der Waals surface area contributed by atoms with E-state index in [1.807, 2.05) is 0 Å². The Balaban J connectivity index is 2.48. The minimum Gasteiger partial charge on any atom is -0.330 e. The van der Waals surface area contributed by atoms with Crippen molar-refractivity contribution in [2.75, 3.05) is 11.9 Å². The quantitative estimate of drug-likeness (QED) is 0.865. The fraction of sp³-hybridized carbons (Fsp3) is 0.300. The third kappa shape index (κ3) is 1.77. The number of carbonyl (C=O) groups is 1. The summed E-state index contributed by atoms with van der Waals surface area (Å²) in [5.41, 5.74) is 6.40. The molecule has 0 fully saturated rings. The lowest BCUT2D eigenvalue weighted by Crippen LogP contribution is -2.15. The van der Waals surface area contributed by atoms with Gasteiger partial charge in [0.25, 0.3) is 0 Å². The Kier molecular flexibility index (Phi) is 2.75. The standard InChI is InChI=1S/C10H10BrFN2O/c11-5-3-7-6(1-2-13)10(15)14-9(7)8(12)4-5/h3-4,6H,1-2,13H2,(H,14,15).